The Hall–Kier alpha value is -3.72. The van der Waals surface area contributed by atoms with Gasteiger partial charge in [-0.3, -0.25) is 0 Å². The Balaban J connectivity index is 2.28. The molecule has 3 aromatic rings. The Bertz CT molecular complexity index is 1270. The van der Waals surface area contributed by atoms with E-state index < -0.39 is 0 Å². The summed E-state index contributed by atoms with van der Waals surface area (Å²) in [7, 11) is 1.96. The van der Waals surface area contributed by atoms with Crippen LogP contribution in [0.3, 0.4) is 0 Å². The molecule has 0 aliphatic rings. The van der Waals surface area contributed by atoms with Crippen LogP contribution < -0.4 is 11.1 Å². The van der Waals surface area contributed by atoms with Gasteiger partial charge in [0, 0.05) is 40.6 Å². The summed E-state index contributed by atoms with van der Waals surface area (Å²) in [5.74, 6) is 0. The maximum Gasteiger partial charge on any atom is 0.0539 e. The molecule has 0 bridgehead atoms. The molecule has 3 nitrogen and oxygen atoms in total. The molecule has 0 fully saturated rings. The number of allylic oxidation sites excluding steroid dienone is 8. The molecule has 0 spiro atoms. The molecule has 1 unspecified atom stereocenters. The number of nitrogens with zero attached hydrogens (tertiary/aromatic N) is 1. The van der Waals surface area contributed by atoms with Crippen LogP contribution >= 0.6 is 0 Å². The van der Waals surface area contributed by atoms with Crippen LogP contribution in [-0.2, 0) is 5.41 Å². The number of nitrogen functional groups attached to an aromatic ring is 1. The first-order chi connectivity index (χ1) is 15.8. The third-order valence-electron chi connectivity index (χ3n) is 6.06. The molecule has 1 atom stereocenters. The van der Waals surface area contributed by atoms with Gasteiger partial charge in [0.1, 0.15) is 0 Å². The number of anilines is 1. The molecule has 33 heavy (non-hydrogen) atoms. The van der Waals surface area contributed by atoms with Gasteiger partial charge >= 0.3 is 0 Å². The second kappa shape index (κ2) is 10.3. The van der Waals surface area contributed by atoms with E-state index in [1.807, 2.05) is 32.2 Å². The van der Waals surface area contributed by atoms with E-state index in [2.05, 4.69) is 104 Å². The summed E-state index contributed by atoms with van der Waals surface area (Å²) in [5, 5.41) is 4.42. The third-order valence-corrected chi connectivity index (χ3v) is 6.06. The van der Waals surface area contributed by atoms with Gasteiger partial charge in [0.05, 0.1) is 5.52 Å². The molecular weight excluding hydrogens is 402 g/mol. The zero-order valence-corrected chi connectivity index (χ0v) is 20.4. The van der Waals surface area contributed by atoms with Gasteiger partial charge in [0.15, 0.2) is 0 Å². The number of nitrogens with two attached hydrogens (primary N) is 1. The zero-order chi connectivity index (χ0) is 24.0. The van der Waals surface area contributed by atoms with E-state index in [-0.39, 0.29) is 5.41 Å². The summed E-state index contributed by atoms with van der Waals surface area (Å²) < 4.78 is 2.30. The van der Waals surface area contributed by atoms with E-state index >= 15 is 0 Å². The van der Waals surface area contributed by atoms with E-state index in [1.165, 1.54) is 11.1 Å². The number of nitrogens with one attached hydrogen (secondary N) is 1. The number of aryl methyl sites for hydroxylation is 1. The SMILES string of the molecule is C=C/C=C\c1c(C)c2cc(N)ccc2n1-c1cccc(C(C)(/C=C(/C)NC)/C=C/C=C\C)c1. The Kier molecular flexibility index (Phi) is 7.44. The summed E-state index contributed by atoms with van der Waals surface area (Å²) in [6.45, 7) is 12.4. The van der Waals surface area contributed by atoms with Gasteiger partial charge in [0.25, 0.3) is 0 Å². The second-order valence-electron chi connectivity index (χ2n) is 8.51. The lowest BCUT2D eigenvalue weighted by atomic mass is 9.81. The predicted molar refractivity (Wildman–Crippen MR) is 146 cm³/mol. The zero-order valence-electron chi connectivity index (χ0n) is 20.4. The molecule has 0 aliphatic heterocycles. The summed E-state index contributed by atoms with van der Waals surface area (Å²) in [6, 6.07) is 14.9. The van der Waals surface area contributed by atoms with Gasteiger partial charge < -0.3 is 15.6 Å². The van der Waals surface area contributed by atoms with E-state index in [1.54, 1.807) is 6.08 Å². The van der Waals surface area contributed by atoms with Crippen LogP contribution in [0.2, 0.25) is 0 Å². The fourth-order valence-electron chi connectivity index (χ4n) is 4.22. The van der Waals surface area contributed by atoms with Crippen molar-refractivity contribution in [1.29, 1.82) is 0 Å². The summed E-state index contributed by atoms with van der Waals surface area (Å²) in [4.78, 5) is 0. The van der Waals surface area contributed by atoms with Crippen LogP contribution in [0.1, 0.15) is 37.6 Å². The first-order valence-electron chi connectivity index (χ1n) is 11.3. The molecule has 2 aromatic carbocycles. The van der Waals surface area contributed by atoms with E-state index in [0.29, 0.717) is 0 Å². The normalized spacial score (nSPS) is 14.5. The van der Waals surface area contributed by atoms with Gasteiger partial charge in [-0.15, -0.1) is 0 Å². The monoisotopic (exact) mass is 437 g/mol. The quantitative estimate of drug-likeness (QED) is 0.288. The largest absolute Gasteiger partial charge is 0.399 e. The minimum absolute atomic E-state index is 0.276. The van der Waals surface area contributed by atoms with Crippen molar-refractivity contribution in [3.63, 3.8) is 0 Å². The molecule has 3 N–H and O–H groups in total. The first kappa shape index (κ1) is 23.9. The Morgan fingerprint density at radius 1 is 1.12 bits per heavy atom. The molecular formula is C30H35N3. The fourth-order valence-corrected chi connectivity index (χ4v) is 4.22. The van der Waals surface area contributed by atoms with Gasteiger partial charge in [-0.25, -0.2) is 0 Å². The number of hydrogen-bond donors (Lipinski definition) is 2. The Labute approximate surface area is 198 Å². The van der Waals surface area contributed by atoms with Gasteiger partial charge in [-0.2, -0.15) is 0 Å². The van der Waals surface area contributed by atoms with Crippen LogP contribution in [0.15, 0.2) is 97.3 Å². The molecule has 0 radical (unpaired) electrons. The third kappa shape index (κ3) is 5.04. The van der Waals surface area contributed by atoms with Crippen molar-refractivity contribution < 1.29 is 0 Å². The number of hydrogen-bond acceptors (Lipinski definition) is 2. The maximum atomic E-state index is 6.12. The molecule has 0 saturated carbocycles. The smallest absolute Gasteiger partial charge is 0.0539 e. The number of benzene rings is 2. The van der Waals surface area contributed by atoms with E-state index in [9.17, 15) is 0 Å². The fraction of sp³-hybridized carbons (Fsp3) is 0.200. The topological polar surface area (TPSA) is 43.0 Å². The van der Waals surface area contributed by atoms with Crippen LogP contribution in [0.4, 0.5) is 5.69 Å². The molecule has 3 heteroatoms. The van der Waals surface area contributed by atoms with Gasteiger partial charge in [0.2, 0.25) is 0 Å². The molecule has 0 saturated heterocycles. The number of rotatable bonds is 8. The van der Waals surface area contributed by atoms with Crippen LogP contribution in [0.25, 0.3) is 22.7 Å². The maximum absolute atomic E-state index is 6.12. The van der Waals surface area contributed by atoms with Crippen LogP contribution in [0, 0.1) is 6.92 Å². The van der Waals surface area contributed by atoms with Crippen molar-refractivity contribution in [3.05, 3.63) is 114 Å². The number of fused-ring (bicyclic) bond motifs is 1. The molecule has 170 valence electrons. The lowest BCUT2D eigenvalue weighted by Crippen LogP contribution is -2.19. The van der Waals surface area contributed by atoms with Gasteiger partial charge in [-0.1, -0.05) is 61.2 Å². The highest BCUT2D eigenvalue weighted by atomic mass is 15.0. The first-order valence-corrected chi connectivity index (χ1v) is 11.3. The summed E-state index contributed by atoms with van der Waals surface area (Å²) >= 11 is 0. The lowest BCUT2D eigenvalue weighted by molar-refractivity contribution is 0.737. The van der Waals surface area contributed by atoms with E-state index in [0.717, 1.165) is 33.7 Å². The average molecular weight is 438 g/mol. The number of aromatic nitrogens is 1. The van der Waals surface area contributed by atoms with Crippen LogP contribution in [-0.4, -0.2) is 11.6 Å². The van der Waals surface area contributed by atoms with Gasteiger partial charge in [-0.05, 0) is 75.2 Å². The van der Waals surface area contributed by atoms with Crippen molar-refractivity contribution in [2.45, 2.75) is 33.1 Å². The predicted octanol–water partition coefficient (Wildman–Crippen LogP) is 7.23. The molecule has 0 amide bonds. The van der Waals surface area contributed by atoms with Crippen molar-refractivity contribution in [2.24, 2.45) is 0 Å². The minimum atomic E-state index is -0.276. The van der Waals surface area contributed by atoms with Crippen molar-refractivity contribution in [2.75, 3.05) is 12.8 Å². The summed E-state index contributed by atoms with van der Waals surface area (Å²) in [6.07, 6.45) is 16.6. The average Bonchev–Trinajstić information content (AvgIpc) is 3.08. The highest BCUT2D eigenvalue weighted by molar-refractivity contribution is 5.92. The van der Waals surface area contributed by atoms with Crippen molar-refractivity contribution >= 4 is 22.7 Å². The molecule has 0 aliphatic carbocycles. The highest BCUT2D eigenvalue weighted by Crippen LogP contribution is 2.34. The second-order valence-corrected chi connectivity index (χ2v) is 8.51. The van der Waals surface area contributed by atoms with Crippen molar-refractivity contribution in [3.8, 4) is 5.69 Å². The Morgan fingerprint density at radius 2 is 1.91 bits per heavy atom. The molecule has 1 aromatic heterocycles. The molecule has 1 heterocycles. The standard InChI is InChI=1S/C30H35N3/c1-7-9-11-18-30(5,21-22(3)32-6)24-13-12-14-26(19-24)33-28(15-10-8-2)23(4)27-20-25(31)16-17-29(27)33/h7-21,32H,2,31H2,1,3-6H3/b9-7-,15-10-,18-11+,22-21-. The van der Waals surface area contributed by atoms with Crippen LogP contribution in [0.5, 0.6) is 0 Å². The highest BCUT2D eigenvalue weighted by Gasteiger charge is 2.22. The van der Waals surface area contributed by atoms with E-state index in [4.69, 9.17) is 5.73 Å². The Morgan fingerprint density at radius 3 is 2.61 bits per heavy atom. The summed E-state index contributed by atoms with van der Waals surface area (Å²) in [5.41, 5.74) is 13.5. The minimum Gasteiger partial charge on any atom is -0.399 e. The lowest BCUT2D eigenvalue weighted by Gasteiger charge is -2.25. The molecule has 3 rings (SSSR count). The van der Waals surface area contributed by atoms with Crippen molar-refractivity contribution in [1.82, 2.24) is 9.88 Å².